The van der Waals surface area contributed by atoms with Gasteiger partial charge in [0.25, 0.3) is 0 Å². The Morgan fingerprint density at radius 2 is 2.00 bits per heavy atom. The highest BCUT2D eigenvalue weighted by Crippen LogP contribution is 2.29. The van der Waals surface area contributed by atoms with Crippen molar-refractivity contribution in [2.45, 2.75) is 32.9 Å². The molecule has 0 N–H and O–H groups in total. The van der Waals surface area contributed by atoms with Crippen LogP contribution < -0.4 is 9.47 Å². The highest BCUT2D eigenvalue weighted by atomic mass is 16.5. The topological polar surface area (TPSA) is 69.9 Å². The van der Waals surface area contributed by atoms with Crippen LogP contribution in [0.15, 0.2) is 28.8 Å². The zero-order valence-electron chi connectivity index (χ0n) is 15.0. The second-order valence-corrected chi connectivity index (χ2v) is 5.96. The van der Waals surface area contributed by atoms with E-state index in [1.54, 1.807) is 0 Å². The number of nitrogens with zero attached hydrogens (tertiary/aromatic N) is 3. The molecule has 1 aromatic heterocycles. The second-order valence-electron chi connectivity index (χ2n) is 5.96. The van der Waals surface area contributed by atoms with Gasteiger partial charge in [-0.05, 0) is 32.9 Å². The third-order valence-electron chi connectivity index (χ3n) is 4.18. The largest absolute Gasteiger partial charge is 0.490 e. The Morgan fingerprint density at radius 3 is 2.68 bits per heavy atom. The molecule has 7 nitrogen and oxygen atoms in total. The van der Waals surface area contributed by atoms with Crippen LogP contribution in [0.2, 0.25) is 0 Å². The summed E-state index contributed by atoms with van der Waals surface area (Å²) in [5, 5.41) is 3.90. The molecule has 0 saturated carbocycles. The fourth-order valence-corrected chi connectivity index (χ4v) is 3.04. The molecule has 2 aromatic rings. The van der Waals surface area contributed by atoms with E-state index in [0.29, 0.717) is 31.5 Å². The van der Waals surface area contributed by atoms with Gasteiger partial charge in [0.1, 0.15) is 12.6 Å². The minimum absolute atomic E-state index is 0.00990. The van der Waals surface area contributed by atoms with Gasteiger partial charge in [-0.15, -0.1) is 0 Å². The molecule has 1 aromatic carbocycles. The number of aryl methyl sites for hydroxylation is 1. The van der Waals surface area contributed by atoms with Crippen LogP contribution in [-0.2, 0) is 4.74 Å². The summed E-state index contributed by atoms with van der Waals surface area (Å²) in [5.41, 5.74) is 0. The van der Waals surface area contributed by atoms with Gasteiger partial charge in [0.2, 0.25) is 5.89 Å². The highest BCUT2D eigenvalue weighted by Gasteiger charge is 2.34. The predicted molar refractivity (Wildman–Crippen MR) is 91.9 cm³/mol. The molecule has 0 radical (unpaired) electrons. The van der Waals surface area contributed by atoms with Gasteiger partial charge in [-0.2, -0.15) is 4.98 Å². The predicted octanol–water partition coefficient (Wildman–Crippen LogP) is 2.62. The summed E-state index contributed by atoms with van der Waals surface area (Å²) >= 11 is 0. The van der Waals surface area contributed by atoms with Gasteiger partial charge in [0, 0.05) is 13.1 Å². The van der Waals surface area contributed by atoms with Crippen molar-refractivity contribution >= 4 is 0 Å². The van der Waals surface area contributed by atoms with Gasteiger partial charge < -0.3 is 18.7 Å². The van der Waals surface area contributed by atoms with E-state index < -0.39 is 0 Å². The van der Waals surface area contributed by atoms with E-state index in [4.69, 9.17) is 18.7 Å². The van der Waals surface area contributed by atoms with Gasteiger partial charge >= 0.3 is 0 Å². The molecule has 0 amide bonds. The maximum Gasteiger partial charge on any atom is 0.246 e. The monoisotopic (exact) mass is 347 g/mol. The first-order valence-electron chi connectivity index (χ1n) is 8.69. The fraction of sp³-hybridized carbons (Fsp3) is 0.556. The Kier molecular flexibility index (Phi) is 5.88. The highest BCUT2D eigenvalue weighted by molar-refractivity contribution is 5.39. The lowest BCUT2D eigenvalue weighted by molar-refractivity contribution is -0.0755. The molecule has 1 aliphatic heterocycles. The summed E-state index contributed by atoms with van der Waals surface area (Å²) in [5.74, 6) is 2.76. The van der Waals surface area contributed by atoms with Crippen molar-refractivity contribution in [2.24, 2.45) is 0 Å². The number of morpholine rings is 1. The van der Waals surface area contributed by atoms with Crippen molar-refractivity contribution < 1.29 is 18.7 Å². The number of hydrogen-bond acceptors (Lipinski definition) is 7. The van der Waals surface area contributed by atoms with Crippen molar-refractivity contribution in [1.82, 2.24) is 15.0 Å². The average molecular weight is 347 g/mol. The minimum Gasteiger partial charge on any atom is -0.490 e. The van der Waals surface area contributed by atoms with Gasteiger partial charge in [-0.3, -0.25) is 4.90 Å². The number of para-hydroxylation sites is 2. The maximum atomic E-state index is 5.94. The molecule has 25 heavy (non-hydrogen) atoms. The van der Waals surface area contributed by atoms with Crippen LogP contribution in [0.3, 0.4) is 0 Å². The third kappa shape index (κ3) is 4.29. The summed E-state index contributed by atoms with van der Waals surface area (Å²) in [4.78, 5) is 6.65. The van der Waals surface area contributed by atoms with Crippen molar-refractivity contribution in [1.29, 1.82) is 0 Å². The molecule has 136 valence electrons. The molecule has 2 heterocycles. The Labute approximate surface area is 147 Å². The quantitative estimate of drug-likeness (QED) is 0.762. The van der Waals surface area contributed by atoms with Crippen molar-refractivity contribution in [3.8, 4) is 11.5 Å². The first-order valence-corrected chi connectivity index (χ1v) is 8.69. The van der Waals surface area contributed by atoms with Gasteiger partial charge in [-0.25, -0.2) is 0 Å². The Hall–Kier alpha value is -2.12. The first-order chi connectivity index (χ1) is 12.2. The van der Waals surface area contributed by atoms with E-state index in [2.05, 4.69) is 15.0 Å². The van der Waals surface area contributed by atoms with E-state index in [1.165, 1.54) is 0 Å². The molecule has 2 atom stereocenters. The fourth-order valence-electron chi connectivity index (χ4n) is 3.04. The smallest absolute Gasteiger partial charge is 0.246 e. The Bertz CT molecular complexity index is 676. The molecular weight excluding hydrogens is 322 g/mol. The summed E-state index contributed by atoms with van der Waals surface area (Å²) in [6, 6.07) is 7.67. The molecular formula is C18H25N3O4. The van der Waals surface area contributed by atoms with Crippen molar-refractivity contribution in [3.63, 3.8) is 0 Å². The molecule has 0 bridgehead atoms. The normalized spacial score (nSPS) is 21.2. The lowest BCUT2D eigenvalue weighted by Gasteiger charge is -2.37. The lowest BCUT2D eigenvalue weighted by Crippen LogP contribution is -2.45. The van der Waals surface area contributed by atoms with Gasteiger partial charge in [-0.1, -0.05) is 17.3 Å². The number of ether oxygens (including phenoxy) is 3. The van der Waals surface area contributed by atoms with E-state index >= 15 is 0 Å². The standard InChI is InChI=1S/C18H25N3O4/c1-4-22-15-7-5-6-8-16(15)24-12-10-21-9-11-23-13(2)17(21)18-19-14(3)20-25-18/h5-8,13,17H,4,9-12H2,1-3H3/t13-,17+/m1/s1. The van der Waals surface area contributed by atoms with Gasteiger partial charge in [0.05, 0.1) is 19.3 Å². The first kappa shape index (κ1) is 17.7. The van der Waals surface area contributed by atoms with Crippen LogP contribution in [-0.4, -0.2) is 54.1 Å². The Balaban J connectivity index is 1.63. The van der Waals surface area contributed by atoms with Crippen LogP contribution in [0.4, 0.5) is 0 Å². The van der Waals surface area contributed by atoms with Crippen LogP contribution in [0, 0.1) is 6.92 Å². The molecule has 0 aliphatic carbocycles. The van der Waals surface area contributed by atoms with E-state index in [9.17, 15) is 0 Å². The molecule has 0 spiro atoms. The summed E-state index contributed by atoms with van der Waals surface area (Å²) in [6.45, 7) is 9.18. The summed E-state index contributed by atoms with van der Waals surface area (Å²) in [6.07, 6.45) is -0.00990. The number of benzene rings is 1. The number of aromatic nitrogens is 2. The second kappa shape index (κ2) is 8.31. The van der Waals surface area contributed by atoms with Crippen molar-refractivity contribution in [2.75, 3.05) is 32.9 Å². The Morgan fingerprint density at radius 1 is 1.24 bits per heavy atom. The van der Waals surface area contributed by atoms with Crippen LogP contribution >= 0.6 is 0 Å². The summed E-state index contributed by atoms with van der Waals surface area (Å²) < 4.78 is 22.7. The number of rotatable bonds is 7. The minimum atomic E-state index is -0.0549. The molecule has 1 aliphatic rings. The van der Waals surface area contributed by atoms with Crippen molar-refractivity contribution in [3.05, 3.63) is 36.0 Å². The third-order valence-corrected chi connectivity index (χ3v) is 4.18. The molecule has 1 saturated heterocycles. The zero-order valence-corrected chi connectivity index (χ0v) is 15.0. The van der Waals surface area contributed by atoms with Crippen LogP contribution in [0.5, 0.6) is 11.5 Å². The average Bonchev–Trinajstić information content (AvgIpc) is 3.03. The van der Waals surface area contributed by atoms with E-state index in [1.807, 2.05) is 45.0 Å². The molecule has 0 unspecified atom stereocenters. The van der Waals surface area contributed by atoms with Crippen LogP contribution in [0.25, 0.3) is 0 Å². The molecule has 3 rings (SSSR count). The summed E-state index contributed by atoms with van der Waals surface area (Å²) in [7, 11) is 0. The van der Waals surface area contributed by atoms with E-state index in [-0.39, 0.29) is 12.1 Å². The zero-order chi connectivity index (χ0) is 17.6. The maximum absolute atomic E-state index is 5.94. The molecule has 1 fully saturated rings. The van der Waals surface area contributed by atoms with E-state index in [0.717, 1.165) is 24.6 Å². The molecule has 7 heteroatoms. The van der Waals surface area contributed by atoms with Crippen LogP contribution in [0.1, 0.15) is 31.6 Å². The lowest BCUT2D eigenvalue weighted by atomic mass is 10.1. The SMILES string of the molecule is CCOc1ccccc1OCCN1CCO[C@H](C)[C@H]1c1nc(C)no1. The number of hydrogen-bond donors (Lipinski definition) is 0. The van der Waals surface area contributed by atoms with Gasteiger partial charge in [0.15, 0.2) is 17.3 Å².